The summed E-state index contributed by atoms with van der Waals surface area (Å²) in [6.45, 7) is 6.72. The van der Waals surface area contributed by atoms with Gasteiger partial charge in [-0.05, 0) is 61.6 Å². The van der Waals surface area contributed by atoms with E-state index >= 15 is 0 Å². The van der Waals surface area contributed by atoms with Gasteiger partial charge in [-0.25, -0.2) is 9.97 Å². The minimum atomic E-state index is 0.688. The molecule has 0 fully saturated rings. The molecule has 3 heterocycles. The van der Waals surface area contributed by atoms with Crippen LogP contribution in [-0.2, 0) is 0 Å². The molecular weight excluding hydrogens is 683 g/mol. The van der Waals surface area contributed by atoms with Crippen LogP contribution in [0.25, 0.3) is 88.9 Å². The average Bonchev–Trinajstić information content (AvgIpc) is 3.79. The highest BCUT2D eigenvalue weighted by Gasteiger charge is 2.21. The zero-order valence-electron chi connectivity index (χ0n) is 31.3. The van der Waals surface area contributed by atoms with Gasteiger partial charge < -0.3 is 14.9 Å². The lowest BCUT2D eigenvalue weighted by molar-refractivity contribution is 1.14. The quantitative estimate of drug-likeness (QED) is 0.174. The second-order valence-electron chi connectivity index (χ2n) is 13.1. The van der Waals surface area contributed by atoms with E-state index in [1.807, 2.05) is 12.1 Å². The van der Waals surface area contributed by atoms with Crippen LogP contribution in [0.3, 0.4) is 0 Å². The Morgan fingerprint density at radius 3 is 1.39 bits per heavy atom. The molecule has 10 rings (SSSR count). The summed E-state index contributed by atoms with van der Waals surface area (Å²) < 4.78 is 4.78. The van der Waals surface area contributed by atoms with Crippen LogP contribution in [0.5, 0.6) is 0 Å². The van der Waals surface area contributed by atoms with Crippen LogP contribution < -0.4 is 5.73 Å². The van der Waals surface area contributed by atoms with E-state index in [4.69, 9.17) is 9.97 Å². The van der Waals surface area contributed by atoms with E-state index in [2.05, 4.69) is 198 Å². The van der Waals surface area contributed by atoms with Crippen molar-refractivity contribution in [3.05, 3.63) is 207 Å². The highest BCUT2D eigenvalue weighted by Crippen LogP contribution is 2.41. The van der Waals surface area contributed by atoms with Gasteiger partial charge in [-0.3, -0.25) is 0 Å². The molecule has 0 amide bonds. The van der Waals surface area contributed by atoms with Gasteiger partial charge in [0.1, 0.15) is 0 Å². The summed E-state index contributed by atoms with van der Waals surface area (Å²) >= 11 is 0. The van der Waals surface area contributed by atoms with Crippen molar-refractivity contribution in [3.8, 4) is 45.3 Å². The number of fused-ring (bicyclic) bond motifs is 6. The van der Waals surface area contributed by atoms with Crippen molar-refractivity contribution in [1.82, 2.24) is 19.1 Å². The van der Waals surface area contributed by atoms with E-state index in [0.29, 0.717) is 5.82 Å². The lowest BCUT2D eigenvalue weighted by Gasteiger charge is -2.15. The van der Waals surface area contributed by atoms with Crippen LogP contribution in [0.15, 0.2) is 207 Å². The first kappa shape index (κ1) is 35.7. The molecule has 0 unspecified atom stereocenters. The Morgan fingerprint density at radius 1 is 0.429 bits per heavy atom. The lowest BCUT2D eigenvalue weighted by Crippen LogP contribution is -2.01. The molecule has 0 aliphatic heterocycles. The number of hydrogen-bond acceptors (Lipinski definition) is 3. The SMILES string of the molecule is C=CC=C.CN.c1ccc(-c2cc(-c3ccccc3)nc(-c3ccccc3-n3c4ccccc4c4cc5c(cc43)c3ccccc3n5-c3ccccc3)n2)cc1. The predicted molar refractivity (Wildman–Crippen MR) is 238 cm³/mol. The van der Waals surface area contributed by atoms with Gasteiger partial charge in [0.2, 0.25) is 0 Å². The van der Waals surface area contributed by atoms with E-state index in [0.717, 1.165) is 50.5 Å². The molecule has 0 aliphatic carbocycles. The Labute approximate surface area is 327 Å². The van der Waals surface area contributed by atoms with E-state index in [9.17, 15) is 0 Å². The van der Waals surface area contributed by atoms with Gasteiger partial charge in [-0.15, -0.1) is 0 Å². The molecule has 0 aliphatic rings. The van der Waals surface area contributed by atoms with Crippen LogP contribution in [0.4, 0.5) is 0 Å². The van der Waals surface area contributed by atoms with Gasteiger partial charge in [0.25, 0.3) is 0 Å². The molecule has 56 heavy (non-hydrogen) atoms. The van der Waals surface area contributed by atoms with E-state index in [-0.39, 0.29) is 0 Å². The third-order valence-electron chi connectivity index (χ3n) is 9.90. The molecule has 0 bridgehead atoms. The second kappa shape index (κ2) is 15.9. The molecule has 10 aromatic rings. The first-order valence-corrected chi connectivity index (χ1v) is 18.7. The summed E-state index contributed by atoms with van der Waals surface area (Å²) in [6, 6.07) is 64.2. The zero-order chi connectivity index (χ0) is 38.4. The van der Waals surface area contributed by atoms with Crippen molar-refractivity contribution in [1.29, 1.82) is 0 Å². The summed E-state index contributed by atoms with van der Waals surface area (Å²) in [6.07, 6.45) is 3.28. The number of benzene rings is 7. The number of allylic oxidation sites excluding steroid dienone is 2. The number of nitrogens with zero attached hydrogens (tertiary/aromatic N) is 4. The van der Waals surface area contributed by atoms with Gasteiger partial charge in [-0.2, -0.15) is 0 Å². The molecule has 2 N–H and O–H groups in total. The molecule has 5 heteroatoms. The van der Waals surface area contributed by atoms with Crippen LogP contribution in [0.2, 0.25) is 0 Å². The largest absolute Gasteiger partial charge is 0.333 e. The van der Waals surface area contributed by atoms with Gasteiger partial charge in [0, 0.05) is 43.9 Å². The Hall–Kier alpha value is -7.34. The summed E-state index contributed by atoms with van der Waals surface area (Å²) in [5.41, 5.74) is 16.2. The fourth-order valence-electron chi connectivity index (χ4n) is 7.48. The number of hydrogen-bond donors (Lipinski definition) is 1. The second-order valence-corrected chi connectivity index (χ2v) is 13.1. The predicted octanol–water partition coefficient (Wildman–Crippen LogP) is 12.6. The van der Waals surface area contributed by atoms with E-state index < -0.39 is 0 Å². The summed E-state index contributed by atoms with van der Waals surface area (Å²) in [5, 5.41) is 4.84. The highest BCUT2D eigenvalue weighted by atomic mass is 15.0. The van der Waals surface area contributed by atoms with Crippen LogP contribution in [0, 0.1) is 0 Å². The smallest absolute Gasteiger partial charge is 0.162 e. The Kier molecular flexibility index (Phi) is 10.2. The summed E-state index contributed by atoms with van der Waals surface area (Å²) in [5.74, 6) is 0.688. The topological polar surface area (TPSA) is 61.7 Å². The summed E-state index contributed by atoms with van der Waals surface area (Å²) in [4.78, 5) is 10.5. The maximum atomic E-state index is 5.23. The van der Waals surface area contributed by atoms with Crippen LogP contribution >= 0.6 is 0 Å². The maximum Gasteiger partial charge on any atom is 0.162 e. The van der Waals surface area contributed by atoms with E-state index in [1.54, 1.807) is 12.2 Å². The van der Waals surface area contributed by atoms with Crippen LogP contribution in [0.1, 0.15) is 0 Å². The molecule has 270 valence electrons. The zero-order valence-corrected chi connectivity index (χ0v) is 31.3. The fourth-order valence-corrected chi connectivity index (χ4v) is 7.48. The Balaban J connectivity index is 0.000000694. The Morgan fingerprint density at radius 2 is 0.857 bits per heavy atom. The van der Waals surface area contributed by atoms with Crippen molar-refractivity contribution in [2.45, 2.75) is 0 Å². The first-order chi connectivity index (χ1) is 27.7. The Bertz CT molecular complexity index is 2900. The molecule has 0 radical (unpaired) electrons. The minimum absolute atomic E-state index is 0.688. The third-order valence-corrected chi connectivity index (χ3v) is 9.90. The molecule has 0 saturated heterocycles. The summed E-state index contributed by atoms with van der Waals surface area (Å²) in [7, 11) is 1.50. The minimum Gasteiger partial charge on any atom is -0.333 e. The number of para-hydroxylation sites is 4. The third kappa shape index (κ3) is 6.47. The molecular formula is C51H41N5. The molecule has 0 saturated carbocycles. The maximum absolute atomic E-state index is 5.23. The monoisotopic (exact) mass is 723 g/mol. The molecule has 0 atom stereocenters. The van der Waals surface area contributed by atoms with Gasteiger partial charge in [-0.1, -0.05) is 153 Å². The molecule has 7 aromatic carbocycles. The van der Waals surface area contributed by atoms with Crippen molar-refractivity contribution < 1.29 is 0 Å². The average molecular weight is 724 g/mol. The molecule has 0 spiro atoms. The van der Waals surface area contributed by atoms with Crippen molar-refractivity contribution in [2.75, 3.05) is 7.05 Å². The van der Waals surface area contributed by atoms with Gasteiger partial charge in [0.05, 0.1) is 39.1 Å². The first-order valence-electron chi connectivity index (χ1n) is 18.7. The highest BCUT2D eigenvalue weighted by molar-refractivity contribution is 6.19. The van der Waals surface area contributed by atoms with Crippen molar-refractivity contribution in [3.63, 3.8) is 0 Å². The van der Waals surface area contributed by atoms with Gasteiger partial charge >= 0.3 is 0 Å². The normalized spacial score (nSPS) is 10.8. The van der Waals surface area contributed by atoms with Crippen molar-refractivity contribution in [2.24, 2.45) is 5.73 Å². The lowest BCUT2D eigenvalue weighted by atomic mass is 10.1. The standard InChI is InChI=1S/C46H30N4.C4H6.CH5N/c1-4-16-31(17-5-1)39-30-40(32-18-6-2-7-19-32)48-46(47-39)36-24-12-15-27-43(36)50-42-26-14-11-23-35(42)38-28-44-37(29-45(38)50)34-22-10-13-25-41(34)49(44)33-20-8-3-9-21-33;1-3-4-2;1-2/h1-30H;3-4H,1-2H2;2H2,1H3. The number of nitrogens with two attached hydrogens (primary N) is 1. The van der Waals surface area contributed by atoms with Crippen molar-refractivity contribution >= 4 is 43.6 Å². The number of rotatable bonds is 6. The van der Waals surface area contributed by atoms with Gasteiger partial charge in [0.15, 0.2) is 5.82 Å². The molecule has 5 nitrogen and oxygen atoms in total. The van der Waals surface area contributed by atoms with E-state index in [1.165, 1.54) is 39.6 Å². The molecule has 3 aromatic heterocycles. The number of aromatic nitrogens is 4. The fraction of sp³-hybridized carbons (Fsp3) is 0.0196. The van der Waals surface area contributed by atoms with Crippen LogP contribution in [-0.4, -0.2) is 26.1 Å².